The maximum Gasteiger partial charge on any atom is 0.256 e. The molecule has 3 heterocycles. The second-order valence-corrected chi connectivity index (χ2v) is 5.26. The van der Waals surface area contributed by atoms with Gasteiger partial charge in [-0.2, -0.15) is 0 Å². The van der Waals surface area contributed by atoms with Crippen molar-refractivity contribution < 1.29 is 0 Å². The van der Waals surface area contributed by atoms with Crippen LogP contribution >= 0.6 is 12.2 Å². The fraction of sp³-hybridized carbons (Fsp3) is 0.417. The van der Waals surface area contributed by atoms with Gasteiger partial charge < -0.3 is 9.55 Å². The highest BCUT2D eigenvalue weighted by Crippen LogP contribution is 2.15. The van der Waals surface area contributed by atoms with Gasteiger partial charge >= 0.3 is 0 Å². The minimum Gasteiger partial charge on any atom is -0.340 e. The van der Waals surface area contributed by atoms with E-state index in [1.807, 2.05) is 17.8 Å². The van der Waals surface area contributed by atoms with Gasteiger partial charge in [0.1, 0.15) is 0 Å². The van der Waals surface area contributed by atoms with Gasteiger partial charge in [-0.1, -0.05) is 0 Å². The van der Waals surface area contributed by atoms with Crippen LogP contribution in [0.2, 0.25) is 0 Å². The lowest BCUT2D eigenvalue weighted by atomic mass is 10.1. The van der Waals surface area contributed by atoms with E-state index in [-0.39, 0.29) is 5.56 Å². The van der Waals surface area contributed by atoms with Crippen LogP contribution in [0.4, 0.5) is 0 Å². The molecule has 2 N–H and O–H groups in total. The van der Waals surface area contributed by atoms with E-state index in [1.165, 1.54) is 0 Å². The summed E-state index contributed by atoms with van der Waals surface area (Å²) in [5.74, 6) is 0. The molecule has 0 unspecified atom stereocenters. The summed E-state index contributed by atoms with van der Waals surface area (Å²) in [7, 11) is 1.95. The number of rotatable bonds is 2. The number of fused-ring (bicyclic) bond motifs is 1. The molecule has 19 heavy (non-hydrogen) atoms. The quantitative estimate of drug-likeness (QED) is 0.794. The molecule has 0 atom stereocenters. The number of hydrogen-bond acceptors (Lipinski definition) is 4. The minimum atomic E-state index is -0.0792. The van der Waals surface area contributed by atoms with Gasteiger partial charge in [0.05, 0.1) is 17.6 Å². The fourth-order valence-electron chi connectivity index (χ4n) is 2.43. The van der Waals surface area contributed by atoms with E-state index in [1.54, 1.807) is 6.33 Å². The number of aryl methyl sites for hydroxylation is 1. The second kappa shape index (κ2) is 4.75. The van der Waals surface area contributed by atoms with Crippen molar-refractivity contribution in [3.63, 3.8) is 0 Å². The van der Waals surface area contributed by atoms with Gasteiger partial charge in [0.25, 0.3) is 5.56 Å². The summed E-state index contributed by atoms with van der Waals surface area (Å²) in [5, 5.41) is 0. The van der Waals surface area contributed by atoms with Crippen molar-refractivity contribution in [1.82, 2.24) is 24.4 Å². The first-order chi connectivity index (χ1) is 9.11. The Balaban J connectivity index is 1.82. The van der Waals surface area contributed by atoms with Gasteiger partial charge in [-0.25, -0.2) is 4.98 Å². The Kier molecular flexibility index (Phi) is 3.08. The predicted octanol–water partition coefficient (Wildman–Crippen LogP) is 0.724. The first kappa shape index (κ1) is 12.3. The lowest BCUT2D eigenvalue weighted by Crippen LogP contribution is -2.35. The lowest BCUT2D eigenvalue weighted by Gasteiger charge is -2.26. The molecule has 2 aromatic heterocycles. The van der Waals surface area contributed by atoms with Crippen molar-refractivity contribution in [2.75, 3.05) is 6.54 Å². The highest BCUT2D eigenvalue weighted by atomic mass is 32.1. The minimum absolute atomic E-state index is 0.0792. The molecular formula is C12H15N5OS. The SMILES string of the molecule is Cn1cnc(CN2CCc3[nH]c(=S)[nH]c(=O)c3C2)c1. The summed E-state index contributed by atoms with van der Waals surface area (Å²) in [5.41, 5.74) is 2.69. The van der Waals surface area contributed by atoms with Crippen LogP contribution in [0.1, 0.15) is 17.0 Å². The van der Waals surface area contributed by atoms with E-state index >= 15 is 0 Å². The Hall–Kier alpha value is -1.73. The number of aromatic nitrogens is 4. The number of aromatic amines is 2. The third kappa shape index (κ3) is 2.52. The van der Waals surface area contributed by atoms with Gasteiger partial charge in [0.2, 0.25) is 0 Å². The normalized spacial score (nSPS) is 15.4. The van der Waals surface area contributed by atoms with Crippen molar-refractivity contribution in [3.05, 3.63) is 44.6 Å². The molecule has 7 heteroatoms. The topological polar surface area (TPSA) is 69.7 Å². The highest BCUT2D eigenvalue weighted by molar-refractivity contribution is 7.71. The molecular weight excluding hydrogens is 262 g/mol. The monoisotopic (exact) mass is 277 g/mol. The van der Waals surface area contributed by atoms with Crippen LogP contribution in [0.3, 0.4) is 0 Å². The number of hydrogen-bond donors (Lipinski definition) is 2. The summed E-state index contributed by atoms with van der Waals surface area (Å²) in [6.07, 6.45) is 4.60. The molecule has 0 bridgehead atoms. The Bertz CT molecular complexity index is 713. The number of imidazole rings is 1. The van der Waals surface area contributed by atoms with Crippen molar-refractivity contribution >= 4 is 12.2 Å². The zero-order valence-corrected chi connectivity index (χ0v) is 11.5. The fourth-order valence-corrected chi connectivity index (χ4v) is 2.64. The first-order valence-corrected chi connectivity index (χ1v) is 6.56. The van der Waals surface area contributed by atoms with Crippen molar-refractivity contribution in [2.24, 2.45) is 7.05 Å². The Morgan fingerprint density at radius 2 is 2.32 bits per heavy atom. The largest absolute Gasteiger partial charge is 0.340 e. The average Bonchev–Trinajstić information content (AvgIpc) is 2.75. The van der Waals surface area contributed by atoms with Gasteiger partial charge in [0, 0.05) is 45.0 Å². The number of H-pyrrole nitrogens is 2. The third-order valence-corrected chi connectivity index (χ3v) is 3.54. The van der Waals surface area contributed by atoms with E-state index in [9.17, 15) is 4.79 Å². The summed E-state index contributed by atoms with van der Waals surface area (Å²) >= 11 is 4.98. The molecule has 0 saturated carbocycles. The molecule has 0 aromatic carbocycles. The molecule has 1 aliphatic heterocycles. The van der Waals surface area contributed by atoms with E-state index in [0.29, 0.717) is 11.3 Å². The average molecular weight is 277 g/mol. The first-order valence-electron chi connectivity index (χ1n) is 6.15. The molecule has 0 spiro atoms. The molecule has 6 nitrogen and oxygen atoms in total. The van der Waals surface area contributed by atoms with Gasteiger partial charge in [0.15, 0.2) is 4.77 Å². The Morgan fingerprint density at radius 3 is 3.05 bits per heavy atom. The van der Waals surface area contributed by atoms with Crippen molar-refractivity contribution in [3.8, 4) is 0 Å². The molecule has 0 aliphatic carbocycles. The number of nitrogens with zero attached hydrogens (tertiary/aromatic N) is 3. The van der Waals surface area contributed by atoms with E-state index in [4.69, 9.17) is 12.2 Å². The zero-order chi connectivity index (χ0) is 13.4. The van der Waals surface area contributed by atoms with Crippen LogP contribution in [0, 0.1) is 4.77 Å². The van der Waals surface area contributed by atoms with E-state index in [2.05, 4.69) is 19.9 Å². The second-order valence-electron chi connectivity index (χ2n) is 4.86. The van der Waals surface area contributed by atoms with Crippen molar-refractivity contribution in [2.45, 2.75) is 19.5 Å². The van der Waals surface area contributed by atoms with Crippen LogP contribution in [0.15, 0.2) is 17.3 Å². The maximum atomic E-state index is 11.9. The van der Waals surface area contributed by atoms with Crippen LogP contribution in [-0.2, 0) is 26.6 Å². The summed E-state index contributed by atoms with van der Waals surface area (Å²) in [6, 6.07) is 0. The van der Waals surface area contributed by atoms with E-state index < -0.39 is 0 Å². The number of nitrogens with one attached hydrogen (secondary N) is 2. The van der Waals surface area contributed by atoms with Crippen LogP contribution in [0.5, 0.6) is 0 Å². The molecule has 0 fully saturated rings. The van der Waals surface area contributed by atoms with Crippen LogP contribution in [0.25, 0.3) is 0 Å². The van der Waals surface area contributed by atoms with Gasteiger partial charge in [-0.05, 0) is 12.2 Å². The maximum absolute atomic E-state index is 11.9. The smallest absolute Gasteiger partial charge is 0.256 e. The molecule has 2 aromatic rings. The van der Waals surface area contributed by atoms with E-state index in [0.717, 1.165) is 36.5 Å². The summed E-state index contributed by atoms with van der Waals surface area (Å²) < 4.78 is 2.33. The molecule has 3 rings (SSSR count). The van der Waals surface area contributed by atoms with Crippen LogP contribution in [-0.4, -0.2) is 31.0 Å². The highest BCUT2D eigenvalue weighted by Gasteiger charge is 2.20. The van der Waals surface area contributed by atoms with Crippen molar-refractivity contribution in [1.29, 1.82) is 0 Å². The molecule has 1 aliphatic rings. The molecule has 0 radical (unpaired) electrons. The third-order valence-electron chi connectivity index (χ3n) is 3.33. The molecule has 100 valence electrons. The molecule has 0 saturated heterocycles. The Labute approximate surface area is 115 Å². The Morgan fingerprint density at radius 1 is 1.47 bits per heavy atom. The summed E-state index contributed by atoms with van der Waals surface area (Å²) in [4.78, 5) is 24.1. The molecule has 0 amide bonds. The van der Waals surface area contributed by atoms with Gasteiger partial charge in [-0.15, -0.1) is 0 Å². The zero-order valence-electron chi connectivity index (χ0n) is 10.6. The summed E-state index contributed by atoms with van der Waals surface area (Å²) in [6.45, 7) is 2.29. The predicted molar refractivity (Wildman–Crippen MR) is 73.3 cm³/mol. The lowest BCUT2D eigenvalue weighted by molar-refractivity contribution is 0.239. The van der Waals surface area contributed by atoms with Gasteiger partial charge in [-0.3, -0.25) is 14.7 Å². The standard InChI is InChI=1S/C12H15N5OS/c1-16-4-8(13-7-16)5-17-3-2-10-9(6-17)11(18)15-12(19)14-10/h4,7H,2-3,5-6H2,1H3,(H2,14,15,18,19). The van der Waals surface area contributed by atoms with Crippen LogP contribution < -0.4 is 5.56 Å².